The standard InChI is InChI=1S/C24H26N2O4S/c1-25-23(27)22-21(19-5-3-4-6-20(19)31-22)17-11-12-26(15-17)24(28)16-7-9-18(10-8-16)30-14-13-29-2/h3-10,17H,11-15H2,1-2H3,(H,25,27)/t17-/m0/s1. The lowest BCUT2D eigenvalue weighted by Gasteiger charge is -2.17. The van der Waals surface area contributed by atoms with Gasteiger partial charge in [0, 0.05) is 43.4 Å². The van der Waals surface area contributed by atoms with Gasteiger partial charge in [0.05, 0.1) is 11.5 Å². The molecule has 7 heteroatoms. The van der Waals surface area contributed by atoms with Gasteiger partial charge in [0.15, 0.2) is 0 Å². The molecule has 0 aliphatic carbocycles. The van der Waals surface area contributed by atoms with Crippen LogP contribution < -0.4 is 10.1 Å². The summed E-state index contributed by atoms with van der Waals surface area (Å²) in [6.45, 7) is 2.27. The molecule has 0 saturated carbocycles. The SMILES string of the molecule is CNC(=O)c1sc2ccccc2c1[C@H]1CCN(C(=O)c2ccc(OCCOC)cc2)C1. The second-order valence-corrected chi connectivity index (χ2v) is 8.57. The topological polar surface area (TPSA) is 67.9 Å². The van der Waals surface area contributed by atoms with Crippen molar-refractivity contribution in [2.45, 2.75) is 12.3 Å². The molecule has 3 aromatic rings. The van der Waals surface area contributed by atoms with E-state index in [1.807, 2.05) is 35.2 Å². The van der Waals surface area contributed by atoms with Crippen LogP contribution in [0, 0.1) is 0 Å². The number of amides is 2. The van der Waals surface area contributed by atoms with E-state index in [9.17, 15) is 9.59 Å². The Morgan fingerprint density at radius 1 is 1.13 bits per heavy atom. The molecule has 31 heavy (non-hydrogen) atoms. The van der Waals surface area contributed by atoms with Gasteiger partial charge in [-0.15, -0.1) is 11.3 Å². The number of ether oxygens (including phenoxy) is 2. The van der Waals surface area contributed by atoms with Gasteiger partial charge in [0.1, 0.15) is 12.4 Å². The number of carbonyl (C=O) groups is 2. The maximum Gasteiger partial charge on any atom is 0.261 e. The molecule has 2 amide bonds. The molecule has 1 aliphatic rings. The summed E-state index contributed by atoms with van der Waals surface area (Å²) >= 11 is 1.52. The van der Waals surface area contributed by atoms with E-state index in [0.717, 1.165) is 26.9 Å². The Morgan fingerprint density at radius 3 is 2.65 bits per heavy atom. The van der Waals surface area contributed by atoms with Crippen LogP contribution in [0.4, 0.5) is 0 Å². The first-order valence-corrected chi connectivity index (χ1v) is 11.2. The number of fused-ring (bicyclic) bond motifs is 1. The van der Waals surface area contributed by atoms with Crippen molar-refractivity contribution in [3.8, 4) is 5.75 Å². The molecule has 6 nitrogen and oxygen atoms in total. The summed E-state index contributed by atoms with van der Waals surface area (Å²) in [4.78, 5) is 28.2. The summed E-state index contributed by atoms with van der Waals surface area (Å²) in [5, 5.41) is 3.87. The highest BCUT2D eigenvalue weighted by atomic mass is 32.1. The van der Waals surface area contributed by atoms with Crippen LogP contribution in [0.15, 0.2) is 48.5 Å². The van der Waals surface area contributed by atoms with Gasteiger partial charge in [-0.25, -0.2) is 0 Å². The predicted molar refractivity (Wildman–Crippen MR) is 122 cm³/mol. The van der Waals surface area contributed by atoms with Crippen LogP contribution in [0.25, 0.3) is 10.1 Å². The summed E-state index contributed by atoms with van der Waals surface area (Å²) < 4.78 is 11.7. The van der Waals surface area contributed by atoms with Gasteiger partial charge in [0.25, 0.3) is 11.8 Å². The summed E-state index contributed by atoms with van der Waals surface area (Å²) in [6, 6.07) is 15.3. The fraction of sp³-hybridized carbons (Fsp3) is 0.333. The van der Waals surface area contributed by atoms with Gasteiger partial charge in [-0.1, -0.05) is 18.2 Å². The lowest BCUT2D eigenvalue weighted by atomic mass is 9.95. The van der Waals surface area contributed by atoms with Gasteiger partial charge < -0.3 is 19.7 Å². The Morgan fingerprint density at radius 2 is 1.90 bits per heavy atom. The molecule has 1 aliphatic heterocycles. The van der Waals surface area contributed by atoms with E-state index in [4.69, 9.17) is 9.47 Å². The maximum atomic E-state index is 13.1. The average molecular weight is 439 g/mol. The number of likely N-dealkylation sites (tertiary alicyclic amines) is 1. The molecule has 1 fully saturated rings. The first kappa shape index (κ1) is 21.3. The van der Waals surface area contributed by atoms with Crippen molar-refractivity contribution < 1.29 is 19.1 Å². The minimum atomic E-state index is -0.0648. The number of rotatable bonds is 7. The molecule has 0 bridgehead atoms. The van der Waals surface area contributed by atoms with Gasteiger partial charge in [0.2, 0.25) is 0 Å². The number of thiophene rings is 1. The van der Waals surface area contributed by atoms with Crippen LogP contribution in [-0.2, 0) is 4.74 Å². The fourth-order valence-electron chi connectivity index (χ4n) is 4.05. The molecule has 0 radical (unpaired) electrons. The quantitative estimate of drug-likeness (QED) is 0.568. The van der Waals surface area contributed by atoms with Crippen LogP contribution in [0.1, 0.15) is 37.9 Å². The monoisotopic (exact) mass is 438 g/mol. The highest BCUT2D eigenvalue weighted by molar-refractivity contribution is 7.21. The molecule has 2 aromatic carbocycles. The number of hydrogen-bond acceptors (Lipinski definition) is 5. The van der Waals surface area contributed by atoms with Crippen LogP contribution in [0.2, 0.25) is 0 Å². The molecule has 0 spiro atoms. The Bertz CT molecular complexity index is 1080. The zero-order chi connectivity index (χ0) is 21.8. The molecule has 2 heterocycles. The zero-order valence-electron chi connectivity index (χ0n) is 17.7. The lowest BCUT2D eigenvalue weighted by Crippen LogP contribution is -2.28. The zero-order valence-corrected chi connectivity index (χ0v) is 18.5. The Kier molecular flexibility index (Phi) is 6.53. The minimum absolute atomic E-state index is 0.00645. The van der Waals surface area contributed by atoms with E-state index >= 15 is 0 Å². The first-order chi connectivity index (χ1) is 15.1. The lowest BCUT2D eigenvalue weighted by molar-refractivity contribution is 0.0790. The van der Waals surface area contributed by atoms with Gasteiger partial charge >= 0.3 is 0 Å². The van der Waals surface area contributed by atoms with Gasteiger partial charge in [-0.3, -0.25) is 9.59 Å². The Hall–Kier alpha value is -2.90. The molecule has 1 saturated heterocycles. The number of benzene rings is 2. The highest BCUT2D eigenvalue weighted by Gasteiger charge is 2.32. The summed E-state index contributed by atoms with van der Waals surface area (Å²) in [5.74, 6) is 0.800. The summed E-state index contributed by atoms with van der Waals surface area (Å²) in [5.41, 5.74) is 1.71. The fourth-order valence-corrected chi connectivity index (χ4v) is 5.29. The van der Waals surface area contributed by atoms with E-state index in [0.29, 0.717) is 37.6 Å². The molecular weight excluding hydrogens is 412 g/mol. The number of nitrogens with one attached hydrogen (secondary N) is 1. The van der Waals surface area contributed by atoms with Crippen molar-refractivity contribution in [2.75, 3.05) is 40.5 Å². The van der Waals surface area contributed by atoms with Crippen molar-refractivity contribution >= 4 is 33.2 Å². The van der Waals surface area contributed by atoms with Crippen molar-refractivity contribution in [1.82, 2.24) is 10.2 Å². The second kappa shape index (κ2) is 9.49. The smallest absolute Gasteiger partial charge is 0.261 e. The molecule has 1 aromatic heterocycles. The van der Waals surface area contributed by atoms with Gasteiger partial charge in [-0.05, 0) is 47.7 Å². The van der Waals surface area contributed by atoms with Crippen molar-refractivity contribution in [3.63, 3.8) is 0 Å². The van der Waals surface area contributed by atoms with Crippen LogP contribution in [-0.4, -0.2) is 57.2 Å². The van der Waals surface area contributed by atoms with Crippen molar-refractivity contribution in [1.29, 1.82) is 0 Å². The minimum Gasteiger partial charge on any atom is -0.491 e. The van der Waals surface area contributed by atoms with Crippen molar-refractivity contribution in [3.05, 3.63) is 64.5 Å². The first-order valence-electron chi connectivity index (χ1n) is 10.4. The summed E-state index contributed by atoms with van der Waals surface area (Å²) in [7, 11) is 3.29. The number of hydrogen-bond donors (Lipinski definition) is 1. The molecule has 1 N–H and O–H groups in total. The molecule has 1 atom stereocenters. The third-order valence-electron chi connectivity index (χ3n) is 5.61. The molecule has 162 valence electrons. The Labute approximate surface area is 185 Å². The Balaban J connectivity index is 1.51. The third-order valence-corrected chi connectivity index (χ3v) is 6.79. The second-order valence-electron chi connectivity index (χ2n) is 7.52. The van der Waals surface area contributed by atoms with Crippen LogP contribution in [0.5, 0.6) is 5.75 Å². The number of carbonyl (C=O) groups excluding carboxylic acids is 2. The van der Waals surface area contributed by atoms with E-state index in [-0.39, 0.29) is 17.7 Å². The number of nitrogens with zero attached hydrogens (tertiary/aromatic N) is 1. The number of methoxy groups -OCH3 is 1. The van der Waals surface area contributed by atoms with E-state index in [1.54, 1.807) is 26.3 Å². The highest BCUT2D eigenvalue weighted by Crippen LogP contribution is 2.40. The van der Waals surface area contributed by atoms with E-state index in [1.165, 1.54) is 11.3 Å². The molecular formula is C24H26N2O4S. The third kappa shape index (κ3) is 4.43. The molecule has 4 rings (SSSR count). The maximum absolute atomic E-state index is 13.1. The van der Waals surface area contributed by atoms with Crippen LogP contribution in [0.3, 0.4) is 0 Å². The van der Waals surface area contributed by atoms with Crippen LogP contribution >= 0.6 is 11.3 Å². The van der Waals surface area contributed by atoms with Crippen molar-refractivity contribution in [2.24, 2.45) is 0 Å². The predicted octanol–water partition coefficient (Wildman–Crippen LogP) is 3.92. The van der Waals surface area contributed by atoms with E-state index < -0.39 is 0 Å². The molecule has 0 unspecified atom stereocenters. The van der Waals surface area contributed by atoms with Gasteiger partial charge in [-0.2, -0.15) is 0 Å². The van der Waals surface area contributed by atoms with E-state index in [2.05, 4.69) is 11.4 Å². The normalized spacial score (nSPS) is 15.9. The largest absolute Gasteiger partial charge is 0.491 e. The average Bonchev–Trinajstić information content (AvgIpc) is 3.43. The summed E-state index contributed by atoms with van der Waals surface area (Å²) in [6.07, 6.45) is 0.842.